The zero-order valence-electron chi connectivity index (χ0n) is 23.3. The molecule has 5 unspecified atom stereocenters. The van der Waals surface area contributed by atoms with Gasteiger partial charge in [-0.2, -0.15) is 9.97 Å². The van der Waals surface area contributed by atoms with E-state index >= 15 is 0 Å². The molecule has 2 aliphatic rings. The van der Waals surface area contributed by atoms with E-state index < -0.39 is 29.4 Å². The lowest BCUT2D eigenvalue weighted by atomic mass is 9.93. The van der Waals surface area contributed by atoms with E-state index in [4.69, 9.17) is 18.9 Å². The van der Waals surface area contributed by atoms with Crippen molar-refractivity contribution < 1.29 is 33.3 Å². The highest BCUT2D eigenvalue weighted by atomic mass is 16.5. The highest BCUT2D eigenvalue weighted by Crippen LogP contribution is 2.46. The highest BCUT2D eigenvalue weighted by Gasteiger charge is 2.62. The minimum atomic E-state index is -1.15. The first-order valence-electron chi connectivity index (χ1n) is 13.3. The summed E-state index contributed by atoms with van der Waals surface area (Å²) >= 11 is 0. The van der Waals surface area contributed by atoms with Crippen LogP contribution in [0.4, 0.5) is 0 Å². The molecule has 1 heterocycles. The van der Waals surface area contributed by atoms with E-state index in [1.54, 1.807) is 24.9 Å². The molecule has 0 spiro atoms. The number of carbonyl (C=O) groups excluding carboxylic acids is 3. The van der Waals surface area contributed by atoms with Crippen molar-refractivity contribution in [2.75, 3.05) is 34.4 Å². The Morgan fingerprint density at radius 1 is 1.13 bits per heavy atom. The summed E-state index contributed by atoms with van der Waals surface area (Å²) in [6.45, 7) is 10.00. The van der Waals surface area contributed by atoms with Crippen LogP contribution in [0.15, 0.2) is 31.4 Å². The number of amides is 2. The Morgan fingerprint density at radius 2 is 1.85 bits per heavy atom. The SMILES string of the molecule is C=CCCCCN(C)C(=O)C1CC(Oc2cc(OC)nc(OC)n2)CC1C(=O)NC1(C(=O)OCC)CC1C=C. The maximum atomic E-state index is 13.7. The van der Waals surface area contributed by atoms with Crippen LogP contribution in [0.25, 0.3) is 0 Å². The predicted molar refractivity (Wildman–Crippen MR) is 143 cm³/mol. The second-order valence-electron chi connectivity index (χ2n) is 9.93. The fourth-order valence-electron chi connectivity index (χ4n) is 5.07. The van der Waals surface area contributed by atoms with E-state index in [0.29, 0.717) is 19.4 Å². The maximum absolute atomic E-state index is 13.7. The highest BCUT2D eigenvalue weighted by molar-refractivity contribution is 5.95. The number of nitrogens with zero attached hydrogens (tertiary/aromatic N) is 3. The second-order valence-corrected chi connectivity index (χ2v) is 9.93. The van der Waals surface area contributed by atoms with Crippen molar-refractivity contribution in [3.63, 3.8) is 0 Å². The normalized spacial score (nSPS) is 25.2. The van der Waals surface area contributed by atoms with Gasteiger partial charge in [-0.05, 0) is 45.4 Å². The molecule has 2 saturated carbocycles. The summed E-state index contributed by atoms with van der Waals surface area (Å²) in [6.07, 6.45) is 6.61. The molecule has 11 heteroatoms. The zero-order chi connectivity index (χ0) is 28.6. The molecule has 0 aromatic carbocycles. The topological polar surface area (TPSA) is 129 Å². The summed E-state index contributed by atoms with van der Waals surface area (Å²) in [6, 6.07) is 1.59. The lowest BCUT2D eigenvalue weighted by Gasteiger charge is -2.26. The number of unbranched alkanes of at least 4 members (excludes halogenated alkanes) is 2. The van der Waals surface area contributed by atoms with Crippen molar-refractivity contribution in [1.82, 2.24) is 20.2 Å². The number of ether oxygens (including phenoxy) is 4. The van der Waals surface area contributed by atoms with Crippen LogP contribution in [0.3, 0.4) is 0 Å². The summed E-state index contributed by atoms with van der Waals surface area (Å²) in [7, 11) is 4.64. The Balaban J connectivity index is 1.80. The standard InChI is InChI=1S/C28H40N4O7/c1-7-10-11-12-13-32(4)25(34)21-15-19(39-23-16-22(36-5)29-27(30-23)37-6)14-20(21)24(33)31-28(17-18(28)8-2)26(35)38-9-3/h7-8,16,18-21H,1-2,9-15,17H2,3-6H3,(H,31,33). The van der Waals surface area contributed by atoms with Crippen LogP contribution in [0.5, 0.6) is 17.8 Å². The van der Waals surface area contributed by atoms with Crippen LogP contribution in [-0.2, 0) is 19.1 Å². The number of esters is 1. The van der Waals surface area contributed by atoms with E-state index in [0.717, 1.165) is 19.3 Å². The van der Waals surface area contributed by atoms with E-state index in [1.165, 1.54) is 20.3 Å². The van der Waals surface area contributed by atoms with E-state index in [9.17, 15) is 14.4 Å². The van der Waals surface area contributed by atoms with Crippen molar-refractivity contribution in [3.8, 4) is 17.8 Å². The monoisotopic (exact) mass is 544 g/mol. The van der Waals surface area contributed by atoms with Gasteiger partial charge in [0.2, 0.25) is 23.6 Å². The summed E-state index contributed by atoms with van der Waals surface area (Å²) in [5, 5.41) is 2.91. The van der Waals surface area contributed by atoms with E-state index in [-0.39, 0.29) is 48.5 Å². The number of hydrogen-bond acceptors (Lipinski definition) is 9. The predicted octanol–water partition coefficient (Wildman–Crippen LogP) is 2.71. The van der Waals surface area contributed by atoms with Gasteiger partial charge in [-0.1, -0.05) is 12.2 Å². The molecule has 1 aromatic heterocycles. The summed E-state index contributed by atoms with van der Waals surface area (Å²) in [5.41, 5.74) is -1.15. The molecule has 1 aromatic rings. The Bertz CT molecular complexity index is 1040. The lowest BCUT2D eigenvalue weighted by molar-refractivity contribution is -0.150. The molecule has 3 rings (SSSR count). The largest absolute Gasteiger partial charge is 0.481 e. The molecule has 2 aliphatic carbocycles. The third-order valence-corrected chi connectivity index (χ3v) is 7.32. The van der Waals surface area contributed by atoms with Gasteiger partial charge in [-0.15, -0.1) is 13.2 Å². The molecule has 2 amide bonds. The summed E-state index contributed by atoms with van der Waals surface area (Å²) < 4.78 is 21.7. The second kappa shape index (κ2) is 13.4. The van der Waals surface area contributed by atoms with Crippen molar-refractivity contribution in [3.05, 3.63) is 31.4 Å². The molecular weight excluding hydrogens is 504 g/mol. The fourth-order valence-corrected chi connectivity index (χ4v) is 5.07. The Labute approximate surface area is 229 Å². The molecule has 11 nitrogen and oxygen atoms in total. The van der Waals surface area contributed by atoms with Gasteiger partial charge in [0.1, 0.15) is 11.6 Å². The van der Waals surface area contributed by atoms with Crippen molar-refractivity contribution in [2.24, 2.45) is 17.8 Å². The molecule has 39 heavy (non-hydrogen) atoms. The molecule has 0 saturated heterocycles. The molecule has 5 atom stereocenters. The minimum Gasteiger partial charge on any atom is -0.481 e. The first-order valence-corrected chi connectivity index (χ1v) is 13.3. The number of hydrogen-bond donors (Lipinski definition) is 1. The first-order chi connectivity index (χ1) is 18.7. The van der Waals surface area contributed by atoms with Gasteiger partial charge in [0.05, 0.1) is 38.7 Å². The van der Waals surface area contributed by atoms with Gasteiger partial charge in [0.25, 0.3) is 0 Å². The van der Waals surface area contributed by atoms with Crippen LogP contribution >= 0.6 is 0 Å². The molecule has 214 valence electrons. The van der Waals surface area contributed by atoms with Gasteiger partial charge in [-0.25, -0.2) is 4.79 Å². The number of rotatable bonds is 15. The number of nitrogens with one attached hydrogen (secondary N) is 1. The molecule has 0 aliphatic heterocycles. The van der Waals surface area contributed by atoms with Crippen LogP contribution in [-0.4, -0.2) is 78.7 Å². The van der Waals surface area contributed by atoms with Crippen LogP contribution < -0.4 is 19.5 Å². The third-order valence-electron chi connectivity index (χ3n) is 7.32. The fraction of sp³-hybridized carbons (Fsp3) is 0.607. The molecule has 0 radical (unpaired) electrons. The van der Waals surface area contributed by atoms with Gasteiger partial charge in [0, 0.05) is 19.5 Å². The number of allylic oxidation sites excluding steroid dienone is 1. The van der Waals surface area contributed by atoms with E-state index in [2.05, 4.69) is 28.4 Å². The quantitative estimate of drug-likeness (QED) is 0.201. The van der Waals surface area contributed by atoms with Crippen molar-refractivity contribution in [2.45, 2.75) is 57.1 Å². The van der Waals surface area contributed by atoms with Gasteiger partial charge < -0.3 is 29.2 Å². The van der Waals surface area contributed by atoms with Gasteiger partial charge in [0.15, 0.2) is 0 Å². The van der Waals surface area contributed by atoms with Crippen molar-refractivity contribution >= 4 is 17.8 Å². The van der Waals surface area contributed by atoms with Crippen LogP contribution in [0, 0.1) is 17.8 Å². The summed E-state index contributed by atoms with van der Waals surface area (Å²) in [5.74, 6) is -2.10. The number of carbonyl (C=O) groups is 3. The Kier molecular flexibility index (Phi) is 10.3. The van der Waals surface area contributed by atoms with Crippen LogP contribution in [0.1, 0.15) is 45.4 Å². The first kappa shape index (κ1) is 29.9. The Morgan fingerprint density at radius 3 is 2.46 bits per heavy atom. The average molecular weight is 545 g/mol. The minimum absolute atomic E-state index is 0.0732. The van der Waals surface area contributed by atoms with Gasteiger partial charge >= 0.3 is 12.0 Å². The van der Waals surface area contributed by atoms with E-state index in [1.807, 2.05) is 6.08 Å². The molecule has 2 fully saturated rings. The number of aromatic nitrogens is 2. The van der Waals surface area contributed by atoms with Crippen LogP contribution in [0.2, 0.25) is 0 Å². The molecule has 1 N–H and O–H groups in total. The van der Waals surface area contributed by atoms with Gasteiger partial charge in [-0.3, -0.25) is 9.59 Å². The zero-order valence-corrected chi connectivity index (χ0v) is 23.3. The molecular formula is C28H40N4O7. The summed E-state index contributed by atoms with van der Waals surface area (Å²) in [4.78, 5) is 49.9. The average Bonchev–Trinajstić information content (AvgIpc) is 3.50. The molecule has 0 bridgehead atoms. The van der Waals surface area contributed by atoms with Crippen molar-refractivity contribution in [1.29, 1.82) is 0 Å². The Hall–Kier alpha value is -3.63. The lowest BCUT2D eigenvalue weighted by Crippen LogP contribution is -2.50. The smallest absolute Gasteiger partial charge is 0.332 e. The maximum Gasteiger partial charge on any atom is 0.332 e. The third kappa shape index (κ3) is 7.07. The number of methoxy groups -OCH3 is 2.